The number of nitrogens with one attached hydrogen (secondary N) is 1. The summed E-state index contributed by atoms with van der Waals surface area (Å²) in [6, 6.07) is 15.7. The Balaban J connectivity index is 1.51. The number of aromatic nitrogens is 2. The van der Waals surface area contributed by atoms with Gasteiger partial charge in [-0.2, -0.15) is 0 Å². The van der Waals surface area contributed by atoms with E-state index in [2.05, 4.69) is 28.7 Å². The minimum Gasteiger partial charge on any atom is -0.328 e. The van der Waals surface area contributed by atoms with Gasteiger partial charge in [-0.3, -0.25) is 4.79 Å². The maximum absolute atomic E-state index is 12.8. The molecule has 3 aromatic rings. The number of amides is 1. The lowest BCUT2D eigenvalue weighted by atomic mass is 10.1. The summed E-state index contributed by atoms with van der Waals surface area (Å²) < 4.78 is 2.32. The zero-order chi connectivity index (χ0) is 19.5. The standard InChI is InChI=1S/C23H25N3OS/c1-16(2)28-21-9-4-3-8-20(21)23(27)25-18-12-10-17(11-13-18)22-24-15-19-7-5-6-14-26(19)22/h3-4,8-13,15-16H,5-7,14H2,1-2H3,(H,25,27). The number of rotatable bonds is 5. The highest BCUT2D eigenvalue weighted by Gasteiger charge is 2.16. The van der Waals surface area contributed by atoms with Crippen molar-refractivity contribution in [2.24, 2.45) is 0 Å². The summed E-state index contributed by atoms with van der Waals surface area (Å²) in [5.74, 6) is 0.945. The molecule has 2 heterocycles. The van der Waals surface area contributed by atoms with E-state index in [4.69, 9.17) is 0 Å². The Morgan fingerprint density at radius 3 is 2.68 bits per heavy atom. The van der Waals surface area contributed by atoms with Gasteiger partial charge in [0.2, 0.25) is 0 Å². The van der Waals surface area contributed by atoms with Crippen LogP contribution in [-0.2, 0) is 13.0 Å². The molecule has 0 saturated heterocycles. The van der Waals surface area contributed by atoms with E-state index in [0.29, 0.717) is 10.8 Å². The minimum atomic E-state index is -0.0744. The highest BCUT2D eigenvalue weighted by Crippen LogP contribution is 2.28. The fourth-order valence-corrected chi connectivity index (χ4v) is 4.53. The molecule has 0 fully saturated rings. The number of anilines is 1. The van der Waals surface area contributed by atoms with E-state index in [1.54, 1.807) is 11.8 Å². The van der Waals surface area contributed by atoms with Gasteiger partial charge < -0.3 is 9.88 Å². The quantitative estimate of drug-likeness (QED) is 0.573. The lowest BCUT2D eigenvalue weighted by Crippen LogP contribution is -2.13. The van der Waals surface area contributed by atoms with Crippen LogP contribution in [-0.4, -0.2) is 20.7 Å². The number of thioether (sulfide) groups is 1. The van der Waals surface area contributed by atoms with Gasteiger partial charge in [0.05, 0.1) is 5.56 Å². The van der Waals surface area contributed by atoms with Crippen molar-refractivity contribution >= 4 is 23.4 Å². The van der Waals surface area contributed by atoms with Crippen LogP contribution in [0.15, 0.2) is 59.6 Å². The smallest absolute Gasteiger partial charge is 0.256 e. The van der Waals surface area contributed by atoms with E-state index in [1.165, 1.54) is 18.5 Å². The van der Waals surface area contributed by atoms with Crippen molar-refractivity contribution in [2.45, 2.75) is 49.8 Å². The molecule has 1 aliphatic rings. The molecular formula is C23H25N3OS. The van der Waals surface area contributed by atoms with Crippen LogP contribution in [0.3, 0.4) is 0 Å². The normalized spacial score (nSPS) is 13.4. The summed E-state index contributed by atoms with van der Waals surface area (Å²) in [5.41, 5.74) is 3.91. The van der Waals surface area contributed by atoms with Crippen LogP contribution < -0.4 is 5.32 Å². The zero-order valence-corrected chi connectivity index (χ0v) is 17.1. The number of carbonyl (C=O) groups is 1. The second-order valence-electron chi connectivity index (χ2n) is 7.38. The fourth-order valence-electron chi connectivity index (χ4n) is 3.58. The first-order valence-corrected chi connectivity index (χ1v) is 10.7. The molecule has 0 spiro atoms. The molecule has 4 rings (SSSR count). The summed E-state index contributed by atoms with van der Waals surface area (Å²) >= 11 is 1.71. The number of hydrogen-bond donors (Lipinski definition) is 1. The van der Waals surface area contributed by atoms with Crippen LogP contribution in [0, 0.1) is 0 Å². The van der Waals surface area contributed by atoms with Gasteiger partial charge in [-0.05, 0) is 55.7 Å². The average Bonchev–Trinajstić information content (AvgIpc) is 3.13. The topological polar surface area (TPSA) is 46.9 Å². The summed E-state index contributed by atoms with van der Waals surface area (Å²) in [7, 11) is 0. The first-order valence-electron chi connectivity index (χ1n) is 9.83. The van der Waals surface area contributed by atoms with E-state index < -0.39 is 0 Å². The molecular weight excluding hydrogens is 366 g/mol. The number of fused-ring (bicyclic) bond motifs is 1. The van der Waals surface area contributed by atoms with Crippen LogP contribution in [0.1, 0.15) is 42.7 Å². The number of nitrogens with zero attached hydrogens (tertiary/aromatic N) is 2. The second-order valence-corrected chi connectivity index (χ2v) is 8.99. The Hall–Kier alpha value is -2.53. The maximum atomic E-state index is 12.8. The molecule has 28 heavy (non-hydrogen) atoms. The van der Waals surface area contributed by atoms with Gasteiger partial charge in [-0.25, -0.2) is 4.98 Å². The van der Waals surface area contributed by atoms with Gasteiger partial charge in [0.25, 0.3) is 5.91 Å². The Morgan fingerprint density at radius 2 is 1.89 bits per heavy atom. The Labute approximate surface area is 170 Å². The maximum Gasteiger partial charge on any atom is 0.256 e. The highest BCUT2D eigenvalue weighted by atomic mass is 32.2. The average molecular weight is 392 g/mol. The van der Waals surface area contributed by atoms with Gasteiger partial charge in [-0.1, -0.05) is 26.0 Å². The van der Waals surface area contributed by atoms with Crippen molar-refractivity contribution in [1.82, 2.24) is 9.55 Å². The van der Waals surface area contributed by atoms with E-state index in [9.17, 15) is 4.79 Å². The number of imidazole rings is 1. The van der Waals surface area contributed by atoms with E-state index in [1.807, 2.05) is 54.7 Å². The molecule has 1 aliphatic heterocycles. The van der Waals surface area contributed by atoms with Crippen LogP contribution in [0.5, 0.6) is 0 Å². The lowest BCUT2D eigenvalue weighted by molar-refractivity contribution is 0.102. The highest BCUT2D eigenvalue weighted by molar-refractivity contribution is 8.00. The SMILES string of the molecule is CC(C)Sc1ccccc1C(=O)Nc1ccc(-c2ncc3n2CCCC3)cc1. The zero-order valence-electron chi connectivity index (χ0n) is 16.3. The Kier molecular flexibility index (Phi) is 5.53. The summed E-state index contributed by atoms with van der Waals surface area (Å²) in [5, 5.41) is 3.45. The molecule has 4 nitrogen and oxygen atoms in total. The van der Waals surface area contributed by atoms with Crippen molar-refractivity contribution in [2.75, 3.05) is 5.32 Å². The molecule has 2 aromatic carbocycles. The monoisotopic (exact) mass is 391 g/mol. The summed E-state index contributed by atoms with van der Waals surface area (Å²) in [6.07, 6.45) is 5.55. The second kappa shape index (κ2) is 8.23. The van der Waals surface area contributed by atoms with Crippen LogP contribution in [0.2, 0.25) is 0 Å². The van der Waals surface area contributed by atoms with Crippen molar-refractivity contribution in [1.29, 1.82) is 0 Å². The van der Waals surface area contributed by atoms with Crippen LogP contribution in [0.4, 0.5) is 5.69 Å². The molecule has 0 saturated carbocycles. The third kappa shape index (κ3) is 3.99. The molecule has 0 atom stereocenters. The largest absolute Gasteiger partial charge is 0.328 e. The number of carbonyl (C=O) groups excluding carboxylic acids is 1. The van der Waals surface area contributed by atoms with Crippen LogP contribution in [0.25, 0.3) is 11.4 Å². The Bertz CT molecular complexity index is 976. The molecule has 1 N–H and O–H groups in total. The molecule has 0 unspecified atom stereocenters. The Morgan fingerprint density at radius 1 is 1.11 bits per heavy atom. The predicted octanol–water partition coefficient (Wildman–Crippen LogP) is 5.64. The first kappa shape index (κ1) is 18.8. The van der Waals surface area contributed by atoms with Crippen molar-refractivity contribution in [3.8, 4) is 11.4 Å². The molecule has 5 heteroatoms. The van der Waals surface area contributed by atoms with E-state index in [-0.39, 0.29) is 5.91 Å². The first-order chi connectivity index (χ1) is 13.6. The third-order valence-corrected chi connectivity index (χ3v) is 5.98. The number of hydrogen-bond acceptors (Lipinski definition) is 3. The summed E-state index contributed by atoms with van der Waals surface area (Å²) in [4.78, 5) is 18.4. The molecule has 0 radical (unpaired) electrons. The van der Waals surface area contributed by atoms with Gasteiger partial charge >= 0.3 is 0 Å². The van der Waals surface area contributed by atoms with Crippen molar-refractivity contribution < 1.29 is 4.79 Å². The molecule has 144 valence electrons. The molecule has 0 aliphatic carbocycles. The number of aryl methyl sites for hydroxylation is 1. The van der Waals surface area contributed by atoms with Gasteiger partial charge in [0, 0.05) is 39.8 Å². The van der Waals surface area contributed by atoms with E-state index >= 15 is 0 Å². The summed E-state index contributed by atoms with van der Waals surface area (Å²) in [6.45, 7) is 5.30. The minimum absolute atomic E-state index is 0.0744. The van der Waals surface area contributed by atoms with Crippen molar-refractivity contribution in [3.63, 3.8) is 0 Å². The van der Waals surface area contributed by atoms with Gasteiger partial charge in [0.15, 0.2) is 0 Å². The molecule has 1 aromatic heterocycles. The number of benzene rings is 2. The fraction of sp³-hybridized carbons (Fsp3) is 0.304. The molecule has 0 bridgehead atoms. The molecule has 1 amide bonds. The van der Waals surface area contributed by atoms with E-state index in [0.717, 1.165) is 34.9 Å². The van der Waals surface area contributed by atoms with Gasteiger partial charge in [-0.15, -0.1) is 11.8 Å². The predicted molar refractivity (Wildman–Crippen MR) is 116 cm³/mol. The van der Waals surface area contributed by atoms with Gasteiger partial charge in [0.1, 0.15) is 5.82 Å². The third-order valence-electron chi connectivity index (χ3n) is 4.90. The van der Waals surface area contributed by atoms with Crippen molar-refractivity contribution in [3.05, 3.63) is 66.0 Å². The van der Waals surface area contributed by atoms with Crippen LogP contribution >= 0.6 is 11.8 Å². The lowest BCUT2D eigenvalue weighted by Gasteiger charge is -2.16.